The van der Waals surface area contributed by atoms with E-state index in [-0.39, 0.29) is 18.6 Å². The number of aryl methyl sites for hydroxylation is 2. The molecule has 2 rings (SSSR count). The molecule has 9 heteroatoms. The molecule has 2 aromatic carbocycles. The number of hydrogen-bond acceptors (Lipinski definition) is 6. The summed E-state index contributed by atoms with van der Waals surface area (Å²) in [6.07, 6.45) is 2.08. The third-order valence-corrected chi connectivity index (χ3v) is 4.91. The zero-order chi connectivity index (χ0) is 24.4. The van der Waals surface area contributed by atoms with Crippen LogP contribution in [0.25, 0.3) is 0 Å². The minimum atomic E-state index is -0.853. The Balaban J connectivity index is 1.92. The van der Waals surface area contributed by atoms with Crippen LogP contribution in [0.4, 0.5) is 5.69 Å². The fourth-order valence-corrected chi connectivity index (χ4v) is 2.65. The summed E-state index contributed by atoms with van der Waals surface area (Å²) in [5.41, 5.74) is 5.70. The Morgan fingerprint density at radius 2 is 1.79 bits per heavy atom. The lowest BCUT2D eigenvalue weighted by molar-refractivity contribution is -0.139. The standard InChI is InChI=1S/C24H30N4O5/c1-6-17(4)26-23(30)24(31)28-25-13-18-8-10-20(21(12-18)32-5)33-14-22(29)27-19-9-7-15(2)16(3)11-19/h7-13,17H,6,14H2,1-5H3,(H,26,30)(H,27,29)(H,28,31)/b25-13-/t17-/m0/s1. The molecule has 0 unspecified atom stereocenters. The number of benzene rings is 2. The molecule has 3 amide bonds. The second-order valence-electron chi connectivity index (χ2n) is 7.53. The zero-order valence-electron chi connectivity index (χ0n) is 19.5. The van der Waals surface area contributed by atoms with Crippen LogP contribution in [0.3, 0.4) is 0 Å². The number of carbonyl (C=O) groups is 3. The van der Waals surface area contributed by atoms with E-state index in [9.17, 15) is 14.4 Å². The maximum Gasteiger partial charge on any atom is 0.329 e. The Hall–Kier alpha value is -3.88. The first-order chi connectivity index (χ1) is 15.7. The molecule has 0 fully saturated rings. The van der Waals surface area contributed by atoms with Crippen molar-refractivity contribution in [3.05, 3.63) is 53.1 Å². The second-order valence-corrected chi connectivity index (χ2v) is 7.53. The lowest BCUT2D eigenvalue weighted by Crippen LogP contribution is -2.41. The van der Waals surface area contributed by atoms with Gasteiger partial charge in [-0.1, -0.05) is 13.0 Å². The molecule has 0 aliphatic rings. The molecule has 0 aliphatic carbocycles. The van der Waals surface area contributed by atoms with Gasteiger partial charge in [-0.25, -0.2) is 5.43 Å². The summed E-state index contributed by atoms with van der Waals surface area (Å²) < 4.78 is 10.9. The molecule has 0 saturated heterocycles. The van der Waals surface area contributed by atoms with Crippen molar-refractivity contribution >= 4 is 29.6 Å². The lowest BCUT2D eigenvalue weighted by Gasteiger charge is -2.12. The number of carbonyl (C=O) groups excluding carboxylic acids is 3. The number of hydrazone groups is 1. The Bertz CT molecular complexity index is 1040. The third kappa shape index (κ3) is 7.95. The number of anilines is 1. The highest BCUT2D eigenvalue weighted by molar-refractivity contribution is 6.35. The SMILES string of the molecule is CC[C@H](C)NC(=O)C(=O)N/N=C\c1ccc(OCC(=O)Nc2ccc(C)c(C)c2)c(OC)c1. The van der Waals surface area contributed by atoms with E-state index in [1.54, 1.807) is 25.1 Å². The maximum atomic E-state index is 12.2. The molecule has 0 radical (unpaired) electrons. The van der Waals surface area contributed by atoms with Gasteiger partial charge in [0.05, 0.1) is 13.3 Å². The molecule has 0 bridgehead atoms. The van der Waals surface area contributed by atoms with Crippen molar-refractivity contribution < 1.29 is 23.9 Å². The normalized spacial score (nSPS) is 11.5. The predicted octanol–water partition coefficient (Wildman–Crippen LogP) is 2.69. The van der Waals surface area contributed by atoms with E-state index in [0.29, 0.717) is 29.2 Å². The van der Waals surface area contributed by atoms with Gasteiger partial charge in [0.1, 0.15) is 0 Å². The van der Waals surface area contributed by atoms with Gasteiger partial charge in [0.2, 0.25) is 0 Å². The first kappa shape index (κ1) is 25.4. The number of hydrogen-bond donors (Lipinski definition) is 3. The van der Waals surface area contributed by atoms with Crippen LogP contribution in [0.15, 0.2) is 41.5 Å². The van der Waals surface area contributed by atoms with E-state index in [2.05, 4.69) is 21.2 Å². The van der Waals surface area contributed by atoms with Gasteiger partial charge in [0.25, 0.3) is 5.91 Å². The summed E-state index contributed by atoms with van der Waals surface area (Å²) in [5, 5.41) is 9.14. The van der Waals surface area contributed by atoms with Crippen LogP contribution in [0.5, 0.6) is 11.5 Å². The van der Waals surface area contributed by atoms with Gasteiger partial charge < -0.3 is 20.1 Å². The number of ether oxygens (including phenoxy) is 2. The molecule has 1 atom stereocenters. The van der Waals surface area contributed by atoms with E-state index >= 15 is 0 Å². The summed E-state index contributed by atoms with van der Waals surface area (Å²) in [7, 11) is 1.47. The van der Waals surface area contributed by atoms with E-state index < -0.39 is 11.8 Å². The quantitative estimate of drug-likeness (QED) is 0.306. The number of amides is 3. The van der Waals surface area contributed by atoms with Crippen LogP contribution in [-0.4, -0.2) is 43.7 Å². The first-order valence-corrected chi connectivity index (χ1v) is 10.5. The molecule has 9 nitrogen and oxygen atoms in total. The summed E-state index contributed by atoms with van der Waals surface area (Å²) in [6, 6.07) is 10.5. The average molecular weight is 455 g/mol. The number of methoxy groups -OCH3 is 1. The van der Waals surface area contributed by atoms with Gasteiger partial charge in [-0.3, -0.25) is 14.4 Å². The van der Waals surface area contributed by atoms with Crippen LogP contribution in [0.2, 0.25) is 0 Å². The van der Waals surface area contributed by atoms with Gasteiger partial charge in [0, 0.05) is 11.7 Å². The van der Waals surface area contributed by atoms with E-state index in [1.165, 1.54) is 13.3 Å². The lowest BCUT2D eigenvalue weighted by atomic mass is 10.1. The Morgan fingerprint density at radius 1 is 1.03 bits per heavy atom. The van der Waals surface area contributed by atoms with Crippen LogP contribution in [0, 0.1) is 13.8 Å². The summed E-state index contributed by atoms with van der Waals surface area (Å²) in [5.74, 6) is -1.14. The van der Waals surface area contributed by atoms with Crippen LogP contribution in [-0.2, 0) is 14.4 Å². The minimum Gasteiger partial charge on any atom is -0.493 e. The topological polar surface area (TPSA) is 118 Å². The van der Waals surface area contributed by atoms with E-state index in [4.69, 9.17) is 9.47 Å². The molecule has 176 valence electrons. The first-order valence-electron chi connectivity index (χ1n) is 10.5. The van der Waals surface area contributed by atoms with Crippen LogP contribution in [0.1, 0.15) is 37.0 Å². The Labute approximate surface area is 193 Å². The van der Waals surface area contributed by atoms with E-state index in [1.807, 2.05) is 39.0 Å². The molecule has 33 heavy (non-hydrogen) atoms. The van der Waals surface area contributed by atoms with Crippen molar-refractivity contribution in [3.63, 3.8) is 0 Å². The fraction of sp³-hybridized carbons (Fsp3) is 0.333. The number of nitrogens with one attached hydrogen (secondary N) is 3. The van der Waals surface area contributed by atoms with Crippen molar-refractivity contribution in [3.8, 4) is 11.5 Å². The zero-order valence-corrected chi connectivity index (χ0v) is 19.5. The van der Waals surface area contributed by atoms with Gasteiger partial charge in [0.15, 0.2) is 18.1 Å². The van der Waals surface area contributed by atoms with Crippen molar-refractivity contribution in [2.45, 2.75) is 40.2 Å². The molecular formula is C24H30N4O5. The van der Waals surface area contributed by atoms with Gasteiger partial charge in [-0.05, 0) is 74.2 Å². The molecular weight excluding hydrogens is 424 g/mol. The monoisotopic (exact) mass is 454 g/mol. The molecule has 0 spiro atoms. The van der Waals surface area contributed by atoms with Crippen molar-refractivity contribution in [2.24, 2.45) is 5.10 Å². The average Bonchev–Trinajstić information content (AvgIpc) is 2.80. The van der Waals surface area contributed by atoms with Crippen molar-refractivity contribution in [1.82, 2.24) is 10.7 Å². The Kier molecular flexibility index (Phi) is 9.41. The summed E-state index contributed by atoms with van der Waals surface area (Å²) in [6.45, 7) is 7.49. The third-order valence-electron chi connectivity index (χ3n) is 4.91. The minimum absolute atomic E-state index is 0.105. The Morgan fingerprint density at radius 3 is 2.45 bits per heavy atom. The smallest absolute Gasteiger partial charge is 0.329 e. The molecule has 0 aromatic heterocycles. The molecule has 0 saturated carbocycles. The fourth-order valence-electron chi connectivity index (χ4n) is 2.65. The second kappa shape index (κ2) is 12.2. The molecule has 0 heterocycles. The highest BCUT2D eigenvalue weighted by atomic mass is 16.5. The van der Waals surface area contributed by atoms with Crippen molar-refractivity contribution in [2.75, 3.05) is 19.0 Å². The van der Waals surface area contributed by atoms with E-state index in [0.717, 1.165) is 11.1 Å². The highest BCUT2D eigenvalue weighted by Gasteiger charge is 2.14. The largest absolute Gasteiger partial charge is 0.493 e. The van der Waals surface area contributed by atoms with Crippen molar-refractivity contribution in [1.29, 1.82) is 0 Å². The van der Waals surface area contributed by atoms with Crippen LogP contribution < -0.4 is 25.5 Å². The van der Waals surface area contributed by atoms with Crippen LogP contribution >= 0.6 is 0 Å². The van der Waals surface area contributed by atoms with Gasteiger partial charge in [-0.2, -0.15) is 5.10 Å². The summed E-state index contributed by atoms with van der Waals surface area (Å²) in [4.78, 5) is 35.7. The van der Waals surface area contributed by atoms with Gasteiger partial charge >= 0.3 is 11.8 Å². The number of nitrogens with zero attached hydrogens (tertiary/aromatic N) is 1. The molecule has 0 aliphatic heterocycles. The number of rotatable bonds is 9. The maximum absolute atomic E-state index is 12.2. The highest BCUT2D eigenvalue weighted by Crippen LogP contribution is 2.27. The molecule has 2 aromatic rings. The summed E-state index contributed by atoms with van der Waals surface area (Å²) >= 11 is 0. The van der Waals surface area contributed by atoms with Gasteiger partial charge in [-0.15, -0.1) is 0 Å². The molecule has 3 N–H and O–H groups in total. The predicted molar refractivity (Wildman–Crippen MR) is 127 cm³/mol.